The fourth-order valence-corrected chi connectivity index (χ4v) is 4.13. The first-order valence-electron chi connectivity index (χ1n) is 9.45. The number of ether oxygens (including phenoxy) is 1. The molecule has 1 saturated heterocycles. The second kappa shape index (κ2) is 6.73. The lowest BCUT2D eigenvalue weighted by Crippen LogP contribution is -2.14. The van der Waals surface area contributed by atoms with Crippen LogP contribution in [0.3, 0.4) is 0 Å². The predicted molar refractivity (Wildman–Crippen MR) is 108 cm³/mol. The Morgan fingerprint density at radius 2 is 2.14 bits per heavy atom. The number of rotatable bonds is 4. The van der Waals surface area contributed by atoms with Gasteiger partial charge in [-0.3, -0.25) is 4.79 Å². The van der Waals surface area contributed by atoms with Gasteiger partial charge in [0, 0.05) is 41.0 Å². The molecule has 5 rings (SSSR count). The molecule has 140 valence electrons. The van der Waals surface area contributed by atoms with Crippen molar-refractivity contribution in [3.63, 3.8) is 0 Å². The zero-order valence-electron chi connectivity index (χ0n) is 15.5. The number of carbonyl (C=O) groups excluding carboxylic acids is 1. The number of hydrogen-bond acceptors (Lipinski definition) is 5. The number of hydrogen-bond donors (Lipinski definition) is 2. The van der Waals surface area contributed by atoms with Crippen molar-refractivity contribution in [2.24, 2.45) is 0 Å². The molecule has 1 aliphatic heterocycles. The van der Waals surface area contributed by atoms with Crippen LogP contribution in [0.2, 0.25) is 0 Å². The summed E-state index contributed by atoms with van der Waals surface area (Å²) in [5, 5.41) is 6.57. The summed E-state index contributed by atoms with van der Waals surface area (Å²) in [6.07, 6.45) is 7.72. The van der Waals surface area contributed by atoms with Crippen LogP contribution in [0.15, 0.2) is 42.9 Å². The number of pyridine rings is 2. The summed E-state index contributed by atoms with van der Waals surface area (Å²) in [5.41, 5.74) is 5.33. The maximum Gasteiger partial charge on any atom is 0.299 e. The van der Waals surface area contributed by atoms with Gasteiger partial charge in [0.05, 0.1) is 0 Å². The largest absolute Gasteiger partial charge is 0.409 e. The van der Waals surface area contributed by atoms with Gasteiger partial charge in [0.15, 0.2) is 0 Å². The Morgan fingerprint density at radius 3 is 2.96 bits per heavy atom. The normalized spacial score (nSPS) is 16.7. The van der Waals surface area contributed by atoms with Crippen LogP contribution in [0.5, 0.6) is 5.88 Å². The molecule has 0 aliphatic carbocycles. The van der Waals surface area contributed by atoms with Crippen LogP contribution in [-0.4, -0.2) is 28.0 Å². The molecule has 0 spiro atoms. The Hall–Kier alpha value is -3.25. The van der Waals surface area contributed by atoms with Crippen molar-refractivity contribution in [1.82, 2.24) is 20.3 Å². The average Bonchev–Trinajstić information content (AvgIpc) is 3.38. The fraction of sp³-hybridized carbons (Fsp3) is 0.227. The average molecular weight is 372 g/mol. The molecule has 2 N–H and O–H groups in total. The van der Waals surface area contributed by atoms with E-state index in [1.807, 2.05) is 18.5 Å². The van der Waals surface area contributed by atoms with Gasteiger partial charge in [-0.05, 0) is 72.7 Å². The minimum atomic E-state index is 0.214. The van der Waals surface area contributed by atoms with Crippen LogP contribution in [0.4, 0.5) is 0 Å². The Kier molecular flexibility index (Phi) is 4.06. The van der Waals surface area contributed by atoms with Crippen molar-refractivity contribution in [3.8, 4) is 17.0 Å². The Balaban J connectivity index is 1.75. The van der Waals surface area contributed by atoms with Crippen molar-refractivity contribution in [1.29, 1.82) is 0 Å². The first kappa shape index (κ1) is 16.9. The van der Waals surface area contributed by atoms with Crippen LogP contribution in [-0.2, 0) is 4.79 Å². The Labute approximate surface area is 162 Å². The monoisotopic (exact) mass is 372 g/mol. The highest BCUT2D eigenvalue weighted by Crippen LogP contribution is 2.38. The molecule has 1 unspecified atom stereocenters. The minimum Gasteiger partial charge on any atom is -0.409 e. The van der Waals surface area contributed by atoms with E-state index in [4.69, 9.17) is 4.74 Å². The third-order valence-electron chi connectivity index (χ3n) is 5.53. The van der Waals surface area contributed by atoms with Crippen molar-refractivity contribution >= 4 is 28.3 Å². The van der Waals surface area contributed by atoms with E-state index < -0.39 is 0 Å². The highest BCUT2D eigenvalue weighted by Gasteiger charge is 2.22. The topological polar surface area (TPSA) is 79.9 Å². The molecule has 28 heavy (non-hydrogen) atoms. The summed E-state index contributed by atoms with van der Waals surface area (Å²) in [6, 6.07) is 8.63. The van der Waals surface area contributed by atoms with Gasteiger partial charge in [0.25, 0.3) is 6.47 Å². The number of nitrogens with one attached hydrogen (secondary N) is 2. The van der Waals surface area contributed by atoms with Gasteiger partial charge >= 0.3 is 0 Å². The summed E-state index contributed by atoms with van der Waals surface area (Å²) >= 11 is 0. The van der Waals surface area contributed by atoms with Crippen LogP contribution in [0.25, 0.3) is 32.9 Å². The number of benzene rings is 1. The molecule has 1 fully saturated rings. The lowest BCUT2D eigenvalue weighted by molar-refractivity contribution is -0.120. The summed E-state index contributed by atoms with van der Waals surface area (Å²) in [5.74, 6) is 0.359. The molecule has 0 bridgehead atoms. The number of fused-ring (bicyclic) bond motifs is 2. The molecule has 0 amide bonds. The lowest BCUT2D eigenvalue weighted by Gasteiger charge is -2.17. The quantitative estimate of drug-likeness (QED) is 0.529. The number of nitrogens with zero attached hydrogens (tertiary/aromatic N) is 2. The van der Waals surface area contributed by atoms with E-state index in [0.29, 0.717) is 12.4 Å². The van der Waals surface area contributed by atoms with Crippen molar-refractivity contribution < 1.29 is 9.53 Å². The fourth-order valence-electron chi connectivity index (χ4n) is 4.13. The van der Waals surface area contributed by atoms with Crippen LogP contribution >= 0.6 is 0 Å². The zero-order valence-corrected chi connectivity index (χ0v) is 15.5. The maximum atomic E-state index is 11.0. The molecule has 3 aromatic heterocycles. The van der Waals surface area contributed by atoms with Crippen LogP contribution in [0, 0.1) is 6.92 Å². The molecule has 0 radical (unpaired) electrons. The standard InChI is InChI=1S/C22H20N4O2/c1-13-10-25-21-17(13)9-16(11-26-21)15-7-14-4-6-24-22(28-12-27)20(14)18(8-15)19-3-2-5-23-19/h4,6-12,19,23H,2-3,5H2,1H3,(H,25,26). The molecular formula is C22H20N4O2. The summed E-state index contributed by atoms with van der Waals surface area (Å²) in [6.45, 7) is 3.50. The first-order chi connectivity index (χ1) is 13.7. The molecule has 1 aliphatic rings. The van der Waals surface area contributed by atoms with E-state index in [0.717, 1.165) is 57.9 Å². The smallest absolute Gasteiger partial charge is 0.299 e. The van der Waals surface area contributed by atoms with Gasteiger partial charge in [-0.25, -0.2) is 9.97 Å². The third-order valence-corrected chi connectivity index (χ3v) is 5.53. The highest BCUT2D eigenvalue weighted by molar-refractivity contribution is 5.95. The number of aryl methyl sites for hydroxylation is 1. The van der Waals surface area contributed by atoms with Gasteiger partial charge in [0.1, 0.15) is 5.65 Å². The maximum absolute atomic E-state index is 11.0. The van der Waals surface area contributed by atoms with Crippen molar-refractivity contribution in [3.05, 3.63) is 54.0 Å². The summed E-state index contributed by atoms with van der Waals surface area (Å²) < 4.78 is 5.19. The predicted octanol–water partition coefficient (Wildman–Crippen LogP) is 4.05. The minimum absolute atomic E-state index is 0.214. The van der Waals surface area contributed by atoms with E-state index in [9.17, 15) is 4.79 Å². The number of aromatic nitrogens is 3. The van der Waals surface area contributed by atoms with Gasteiger partial charge in [-0.1, -0.05) is 0 Å². The number of H-pyrrole nitrogens is 1. The van der Waals surface area contributed by atoms with Gasteiger partial charge in [0.2, 0.25) is 5.88 Å². The number of carbonyl (C=O) groups is 1. The van der Waals surface area contributed by atoms with Gasteiger partial charge in [-0.2, -0.15) is 0 Å². The first-order valence-corrected chi connectivity index (χ1v) is 9.45. The summed E-state index contributed by atoms with van der Waals surface area (Å²) in [4.78, 5) is 23.0. The van der Waals surface area contributed by atoms with Crippen molar-refractivity contribution in [2.75, 3.05) is 6.54 Å². The SMILES string of the molecule is Cc1c[nH]c2ncc(-c3cc(C4CCCN4)c4c(OC=O)nccc4c3)cc12. The third kappa shape index (κ3) is 2.73. The highest BCUT2D eigenvalue weighted by atomic mass is 16.5. The van der Waals surface area contributed by atoms with Gasteiger partial charge in [-0.15, -0.1) is 0 Å². The Morgan fingerprint density at radius 1 is 1.21 bits per heavy atom. The van der Waals surface area contributed by atoms with Crippen molar-refractivity contribution in [2.45, 2.75) is 25.8 Å². The molecular weight excluding hydrogens is 352 g/mol. The molecule has 1 aromatic carbocycles. The van der Waals surface area contributed by atoms with E-state index in [-0.39, 0.29) is 6.04 Å². The Bertz CT molecular complexity index is 1190. The number of aromatic amines is 1. The lowest BCUT2D eigenvalue weighted by atomic mass is 9.93. The van der Waals surface area contributed by atoms with E-state index in [2.05, 4.69) is 45.4 Å². The zero-order chi connectivity index (χ0) is 19.1. The molecule has 1 atom stereocenters. The summed E-state index contributed by atoms with van der Waals surface area (Å²) in [7, 11) is 0. The van der Waals surface area contributed by atoms with E-state index in [1.54, 1.807) is 6.20 Å². The van der Waals surface area contributed by atoms with Crippen LogP contribution < -0.4 is 10.1 Å². The van der Waals surface area contributed by atoms with E-state index >= 15 is 0 Å². The second-order valence-corrected chi connectivity index (χ2v) is 7.23. The second-order valence-electron chi connectivity index (χ2n) is 7.23. The molecule has 4 aromatic rings. The molecule has 0 saturated carbocycles. The van der Waals surface area contributed by atoms with Gasteiger partial charge < -0.3 is 15.0 Å². The van der Waals surface area contributed by atoms with E-state index in [1.165, 1.54) is 5.56 Å². The molecule has 6 nitrogen and oxygen atoms in total. The molecule has 4 heterocycles. The molecule has 6 heteroatoms. The van der Waals surface area contributed by atoms with Crippen LogP contribution in [0.1, 0.15) is 30.0 Å².